The van der Waals surface area contributed by atoms with Crippen LogP contribution in [0, 0.1) is 0 Å². The first kappa shape index (κ1) is 19.1. The molecule has 6 heteroatoms. The van der Waals surface area contributed by atoms with Crippen LogP contribution in [0.2, 0.25) is 0 Å². The minimum absolute atomic E-state index is 0.0411. The number of nitrogens with zero attached hydrogens (tertiary/aromatic N) is 1. The zero-order chi connectivity index (χ0) is 20.7. The first-order valence-electron chi connectivity index (χ1n) is 10.7. The molecule has 3 aliphatic rings. The highest BCUT2D eigenvalue weighted by Gasteiger charge is 2.48. The van der Waals surface area contributed by atoms with Crippen molar-refractivity contribution in [1.82, 2.24) is 10.2 Å². The molecule has 2 aliphatic heterocycles. The number of ether oxygens (including phenoxy) is 1. The van der Waals surface area contributed by atoms with E-state index in [1.165, 1.54) is 0 Å². The number of amides is 1. The van der Waals surface area contributed by atoms with Gasteiger partial charge in [-0.15, -0.1) is 0 Å². The number of alkyl carbamates (subject to hydrolysis) is 1. The van der Waals surface area contributed by atoms with Crippen LogP contribution in [-0.4, -0.2) is 53.3 Å². The van der Waals surface area contributed by atoms with Gasteiger partial charge < -0.3 is 20.1 Å². The van der Waals surface area contributed by atoms with Crippen LogP contribution in [0.5, 0.6) is 0 Å². The highest BCUT2D eigenvalue weighted by molar-refractivity contribution is 5.85. The van der Waals surface area contributed by atoms with Crippen molar-refractivity contribution in [2.24, 2.45) is 0 Å². The number of aliphatic carboxylic acids is 1. The molecule has 0 aromatic heterocycles. The Balaban J connectivity index is 1.30. The molecule has 0 bridgehead atoms. The molecule has 0 saturated carbocycles. The van der Waals surface area contributed by atoms with Gasteiger partial charge in [-0.1, -0.05) is 48.5 Å². The van der Waals surface area contributed by atoms with Crippen LogP contribution in [0.25, 0.3) is 11.1 Å². The second kappa shape index (κ2) is 7.43. The maximum absolute atomic E-state index is 12.7. The van der Waals surface area contributed by atoms with Gasteiger partial charge >= 0.3 is 12.1 Å². The number of piperidine rings is 1. The number of fused-ring (bicyclic) bond motifs is 4. The predicted octanol–water partition coefficient (Wildman–Crippen LogP) is 3.61. The van der Waals surface area contributed by atoms with Crippen molar-refractivity contribution in [2.75, 3.05) is 19.7 Å². The highest BCUT2D eigenvalue weighted by atomic mass is 16.5. The van der Waals surface area contributed by atoms with E-state index in [4.69, 9.17) is 4.74 Å². The van der Waals surface area contributed by atoms with Gasteiger partial charge in [-0.05, 0) is 54.5 Å². The summed E-state index contributed by atoms with van der Waals surface area (Å²) in [5.74, 6) is -1.01. The lowest BCUT2D eigenvalue weighted by Crippen LogP contribution is -2.61. The van der Waals surface area contributed by atoms with Gasteiger partial charge in [-0.2, -0.15) is 0 Å². The van der Waals surface area contributed by atoms with Crippen molar-refractivity contribution >= 4 is 12.1 Å². The van der Waals surface area contributed by atoms with Crippen LogP contribution >= 0.6 is 0 Å². The van der Waals surface area contributed by atoms with E-state index in [0.717, 1.165) is 41.6 Å². The molecule has 2 atom stereocenters. The van der Waals surface area contributed by atoms with E-state index in [1.807, 2.05) is 24.3 Å². The number of carboxylic acid groups (broad SMARTS) is 1. The Kier molecular flexibility index (Phi) is 4.74. The van der Waals surface area contributed by atoms with E-state index in [2.05, 4.69) is 34.5 Å². The third-order valence-corrected chi connectivity index (χ3v) is 7.00. The van der Waals surface area contributed by atoms with E-state index in [1.54, 1.807) is 0 Å². The number of nitrogens with one attached hydrogen (secondary N) is 1. The number of carboxylic acids is 1. The minimum Gasteiger partial charge on any atom is -0.480 e. The fourth-order valence-electron chi connectivity index (χ4n) is 5.45. The van der Waals surface area contributed by atoms with Crippen LogP contribution < -0.4 is 5.32 Å². The molecule has 156 valence electrons. The predicted molar refractivity (Wildman–Crippen MR) is 112 cm³/mol. The van der Waals surface area contributed by atoms with E-state index in [0.29, 0.717) is 19.4 Å². The number of carbonyl (C=O) groups is 2. The van der Waals surface area contributed by atoms with Crippen LogP contribution in [0.1, 0.15) is 42.7 Å². The average molecular weight is 406 g/mol. The zero-order valence-electron chi connectivity index (χ0n) is 16.8. The van der Waals surface area contributed by atoms with Gasteiger partial charge in [0.25, 0.3) is 0 Å². The van der Waals surface area contributed by atoms with Crippen molar-refractivity contribution < 1.29 is 19.4 Å². The first-order chi connectivity index (χ1) is 14.6. The van der Waals surface area contributed by atoms with E-state index in [-0.39, 0.29) is 18.6 Å². The summed E-state index contributed by atoms with van der Waals surface area (Å²) in [6, 6.07) is 16.5. The lowest BCUT2D eigenvalue weighted by Gasteiger charge is -2.41. The second-order valence-electron chi connectivity index (χ2n) is 8.62. The standard InChI is InChI=1S/C24H26N2O4/c27-22(28)24(11-13-26-12-5-6-16(26)14-24)25-23(29)30-15-21-19-9-3-1-7-17(19)18-8-2-4-10-20(18)21/h1-4,7-10,16,21H,5-6,11-15H2,(H,25,29)(H,27,28). The molecule has 0 spiro atoms. The third kappa shape index (κ3) is 3.16. The van der Waals surface area contributed by atoms with Crippen molar-refractivity contribution in [3.8, 4) is 11.1 Å². The minimum atomic E-state index is -1.24. The quantitative estimate of drug-likeness (QED) is 0.811. The molecule has 2 fully saturated rings. The van der Waals surface area contributed by atoms with Gasteiger partial charge in [0, 0.05) is 18.5 Å². The smallest absolute Gasteiger partial charge is 0.408 e. The molecule has 2 unspecified atom stereocenters. The Morgan fingerprint density at radius 2 is 1.73 bits per heavy atom. The lowest BCUT2D eigenvalue weighted by atomic mass is 9.83. The van der Waals surface area contributed by atoms with Gasteiger partial charge in [0.1, 0.15) is 12.1 Å². The molecule has 2 heterocycles. The molecule has 30 heavy (non-hydrogen) atoms. The Hall–Kier alpha value is -2.86. The summed E-state index contributed by atoms with van der Waals surface area (Å²) in [5.41, 5.74) is 3.36. The Labute approximate surface area is 175 Å². The first-order valence-corrected chi connectivity index (χ1v) is 10.7. The Morgan fingerprint density at radius 3 is 2.40 bits per heavy atom. The second-order valence-corrected chi connectivity index (χ2v) is 8.62. The van der Waals surface area contributed by atoms with Crippen molar-refractivity contribution in [1.29, 1.82) is 0 Å². The number of rotatable bonds is 4. The molecule has 2 aromatic rings. The van der Waals surface area contributed by atoms with Gasteiger partial charge in [-0.3, -0.25) is 0 Å². The van der Waals surface area contributed by atoms with Crippen molar-refractivity contribution in [3.63, 3.8) is 0 Å². The van der Waals surface area contributed by atoms with Gasteiger partial charge in [0.15, 0.2) is 0 Å². The fourth-order valence-corrected chi connectivity index (χ4v) is 5.45. The van der Waals surface area contributed by atoms with Crippen LogP contribution in [0.3, 0.4) is 0 Å². The Bertz CT molecular complexity index is 945. The van der Waals surface area contributed by atoms with Crippen LogP contribution in [0.4, 0.5) is 4.79 Å². The maximum Gasteiger partial charge on any atom is 0.408 e. The van der Waals surface area contributed by atoms with E-state index < -0.39 is 17.6 Å². The Morgan fingerprint density at radius 1 is 1.07 bits per heavy atom. The molecule has 1 amide bonds. The molecule has 1 aliphatic carbocycles. The highest BCUT2D eigenvalue weighted by Crippen LogP contribution is 2.44. The molecule has 2 N–H and O–H groups in total. The number of carbonyl (C=O) groups excluding carboxylic acids is 1. The largest absolute Gasteiger partial charge is 0.480 e. The molecular weight excluding hydrogens is 380 g/mol. The normalized spacial score (nSPS) is 25.3. The van der Waals surface area contributed by atoms with Gasteiger partial charge in [0.05, 0.1) is 0 Å². The van der Waals surface area contributed by atoms with Gasteiger partial charge in [0.2, 0.25) is 0 Å². The topological polar surface area (TPSA) is 78.9 Å². The van der Waals surface area contributed by atoms with Crippen molar-refractivity contribution in [3.05, 3.63) is 59.7 Å². The lowest BCUT2D eigenvalue weighted by molar-refractivity contribution is -0.147. The molecular formula is C24H26N2O4. The summed E-state index contributed by atoms with van der Waals surface area (Å²) in [5, 5.41) is 12.6. The van der Waals surface area contributed by atoms with Crippen molar-refractivity contribution in [2.45, 2.75) is 43.2 Å². The summed E-state index contributed by atoms with van der Waals surface area (Å²) in [6.07, 6.45) is 2.27. The summed E-state index contributed by atoms with van der Waals surface area (Å²) >= 11 is 0. The summed E-state index contributed by atoms with van der Waals surface area (Å²) in [7, 11) is 0. The van der Waals surface area contributed by atoms with E-state index in [9.17, 15) is 14.7 Å². The summed E-state index contributed by atoms with van der Waals surface area (Å²) in [4.78, 5) is 27.1. The zero-order valence-corrected chi connectivity index (χ0v) is 16.8. The molecule has 6 nitrogen and oxygen atoms in total. The molecule has 5 rings (SSSR count). The maximum atomic E-state index is 12.7. The average Bonchev–Trinajstić information content (AvgIpc) is 3.34. The van der Waals surface area contributed by atoms with Gasteiger partial charge in [-0.25, -0.2) is 9.59 Å². The number of hydrogen-bond acceptors (Lipinski definition) is 4. The molecule has 2 aromatic carbocycles. The molecule has 2 saturated heterocycles. The fraction of sp³-hybridized carbons (Fsp3) is 0.417. The number of benzene rings is 2. The monoisotopic (exact) mass is 406 g/mol. The van der Waals surface area contributed by atoms with E-state index >= 15 is 0 Å². The SMILES string of the molecule is O=C(NC1(C(=O)O)CCN2CCCC2C1)OCC1c2ccccc2-c2ccccc21. The molecule has 0 radical (unpaired) electrons. The summed E-state index contributed by atoms with van der Waals surface area (Å²) < 4.78 is 5.60. The number of hydrogen-bond donors (Lipinski definition) is 2. The van der Waals surface area contributed by atoms with Crippen LogP contribution in [-0.2, 0) is 9.53 Å². The summed E-state index contributed by atoms with van der Waals surface area (Å²) in [6.45, 7) is 1.90. The van der Waals surface area contributed by atoms with Crippen LogP contribution in [0.15, 0.2) is 48.5 Å². The third-order valence-electron chi connectivity index (χ3n) is 7.00.